The third kappa shape index (κ3) is 5.87. The van der Waals surface area contributed by atoms with Crippen molar-refractivity contribution in [1.82, 2.24) is 14.5 Å². The Kier molecular flexibility index (Phi) is 8.15. The average molecular weight is 656 g/mol. The molecule has 0 saturated carbocycles. The van der Waals surface area contributed by atoms with E-state index in [0.29, 0.717) is 0 Å². The summed E-state index contributed by atoms with van der Waals surface area (Å²) in [4.78, 5) is 9.62. The van der Waals surface area contributed by atoms with Crippen LogP contribution in [-0.4, -0.2) is 14.5 Å². The number of hydrogen-bond acceptors (Lipinski definition) is 2. The summed E-state index contributed by atoms with van der Waals surface area (Å²) in [5, 5.41) is 5.25. The van der Waals surface area contributed by atoms with Crippen molar-refractivity contribution < 1.29 is 0 Å². The van der Waals surface area contributed by atoms with Crippen LogP contribution in [0.1, 0.15) is 16.7 Å². The molecule has 3 heteroatoms. The number of para-hydroxylation sites is 2. The topological polar surface area (TPSA) is 30.7 Å². The molecule has 244 valence electrons. The first-order valence-corrected chi connectivity index (χ1v) is 17.8. The highest BCUT2D eigenvalue weighted by molar-refractivity contribution is 6.15. The molecule has 0 unspecified atom stereocenters. The van der Waals surface area contributed by atoms with Gasteiger partial charge in [-0.25, -0.2) is 4.98 Å². The number of aromatic nitrogens is 3. The van der Waals surface area contributed by atoms with Gasteiger partial charge in [-0.05, 0) is 92.9 Å². The van der Waals surface area contributed by atoms with E-state index in [1.807, 2.05) is 18.3 Å². The summed E-state index contributed by atoms with van der Waals surface area (Å²) >= 11 is 0. The Hall–Kier alpha value is -6.32. The highest BCUT2D eigenvalue weighted by Gasteiger charge is 2.17. The first-order valence-electron chi connectivity index (χ1n) is 17.8. The molecule has 0 radical (unpaired) electrons. The lowest BCUT2D eigenvalue weighted by Gasteiger charge is -2.18. The fourth-order valence-electron chi connectivity index (χ4n) is 7.79. The van der Waals surface area contributed by atoms with Gasteiger partial charge in [0.1, 0.15) is 5.82 Å². The lowest BCUT2D eigenvalue weighted by molar-refractivity contribution is 0.717. The minimum absolute atomic E-state index is 0.863. The number of pyridine rings is 1. The molecular weight excluding hydrogens is 619 g/mol. The van der Waals surface area contributed by atoms with E-state index in [9.17, 15) is 0 Å². The fraction of sp³-hybridized carbons (Fsp3) is 0.0833. The van der Waals surface area contributed by atoms with Crippen molar-refractivity contribution in [1.29, 1.82) is 0 Å². The van der Waals surface area contributed by atoms with Gasteiger partial charge >= 0.3 is 0 Å². The molecule has 0 saturated heterocycles. The van der Waals surface area contributed by atoms with Crippen LogP contribution in [0.3, 0.4) is 0 Å². The van der Waals surface area contributed by atoms with Crippen molar-refractivity contribution in [3.63, 3.8) is 0 Å². The van der Waals surface area contributed by atoms with Crippen LogP contribution in [-0.2, 0) is 25.8 Å². The van der Waals surface area contributed by atoms with Gasteiger partial charge in [0.05, 0.1) is 16.7 Å². The third-order valence-corrected chi connectivity index (χ3v) is 10.2. The number of nitrogens with zero attached hydrogens (tertiary/aromatic N) is 3. The van der Waals surface area contributed by atoms with Gasteiger partial charge in [-0.3, -0.25) is 4.98 Å². The Labute approximate surface area is 298 Å². The van der Waals surface area contributed by atoms with E-state index in [2.05, 4.69) is 167 Å². The summed E-state index contributed by atoms with van der Waals surface area (Å²) in [5.41, 5.74) is 12.2. The molecule has 9 rings (SSSR count). The molecule has 0 fully saturated rings. The normalized spacial score (nSPS) is 11.5. The lowest BCUT2D eigenvalue weighted by Crippen LogP contribution is -2.06. The smallest absolute Gasteiger partial charge is 0.141 e. The van der Waals surface area contributed by atoms with Crippen LogP contribution in [0.15, 0.2) is 176 Å². The quantitative estimate of drug-likeness (QED) is 0.145. The molecule has 0 aliphatic carbocycles. The Morgan fingerprint density at radius 2 is 1.02 bits per heavy atom. The van der Waals surface area contributed by atoms with Crippen LogP contribution < -0.4 is 0 Å². The van der Waals surface area contributed by atoms with Crippen LogP contribution in [0.25, 0.3) is 66.4 Å². The van der Waals surface area contributed by atoms with Gasteiger partial charge in [-0.1, -0.05) is 146 Å². The second-order valence-corrected chi connectivity index (χ2v) is 13.2. The summed E-state index contributed by atoms with van der Waals surface area (Å²) < 4.78 is 2.39. The number of aryl methyl sites for hydroxylation is 4. The molecule has 9 aromatic rings. The van der Waals surface area contributed by atoms with Crippen LogP contribution in [0.2, 0.25) is 0 Å². The number of benzene rings is 7. The first-order chi connectivity index (χ1) is 25.3. The molecule has 3 nitrogen and oxygen atoms in total. The van der Waals surface area contributed by atoms with E-state index < -0.39 is 0 Å². The lowest BCUT2D eigenvalue weighted by atomic mass is 9.86. The van der Waals surface area contributed by atoms with E-state index in [-0.39, 0.29) is 0 Å². The predicted octanol–water partition coefficient (Wildman–Crippen LogP) is 11.8. The monoisotopic (exact) mass is 655 g/mol. The average Bonchev–Trinajstić information content (AvgIpc) is 3.58. The summed E-state index contributed by atoms with van der Waals surface area (Å²) in [5.74, 6) is 1.03. The third-order valence-electron chi connectivity index (χ3n) is 10.2. The number of rotatable bonds is 9. The van der Waals surface area contributed by atoms with E-state index in [1.54, 1.807) is 0 Å². The molecule has 0 aliphatic heterocycles. The van der Waals surface area contributed by atoms with E-state index in [4.69, 9.17) is 4.98 Å². The summed E-state index contributed by atoms with van der Waals surface area (Å²) in [7, 11) is 0. The van der Waals surface area contributed by atoms with Gasteiger partial charge < -0.3 is 4.57 Å². The number of hydrogen-bond donors (Lipinski definition) is 0. The highest BCUT2D eigenvalue weighted by Crippen LogP contribution is 2.40. The van der Waals surface area contributed by atoms with E-state index >= 15 is 0 Å². The maximum atomic E-state index is 5.06. The zero-order chi connectivity index (χ0) is 34.0. The number of imidazole rings is 1. The molecule has 0 amide bonds. The molecule has 0 N–H and O–H groups in total. The molecule has 2 heterocycles. The van der Waals surface area contributed by atoms with E-state index in [0.717, 1.165) is 54.0 Å². The summed E-state index contributed by atoms with van der Waals surface area (Å²) in [6.45, 7) is 0.863. The molecule has 0 spiro atoms. The number of fused-ring (bicyclic) bond motifs is 3. The largest absolute Gasteiger partial charge is 0.324 e. The van der Waals surface area contributed by atoms with Gasteiger partial charge in [0.25, 0.3) is 0 Å². The van der Waals surface area contributed by atoms with Gasteiger partial charge in [-0.2, -0.15) is 0 Å². The standard InChI is InChI=1S/C48H37N3/c1-2-16-38(17-3-1)48-50-45-23-10-11-24-46(45)51(48)33-31-35-15-5-4-14-34(35)29-30-41-39-18-6-8-20-42(39)47(43-21-9-7-19-40(41)43)37-27-25-36(26-28-37)44-22-12-13-32-49-44/h1-28,32H,29-31,33H2. The van der Waals surface area contributed by atoms with Crippen LogP contribution >= 0.6 is 0 Å². The molecular formula is C48H37N3. The van der Waals surface area contributed by atoms with Crippen molar-refractivity contribution >= 4 is 32.6 Å². The van der Waals surface area contributed by atoms with Crippen molar-refractivity contribution in [2.45, 2.75) is 25.8 Å². The molecule has 7 aromatic carbocycles. The second kappa shape index (κ2) is 13.5. The highest BCUT2D eigenvalue weighted by atomic mass is 15.1. The zero-order valence-electron chi connectivity index (χ0n) is 28.4. The first kappa shape index (κ1) is 30.7. The van der Waals surface area contributed by atoms with Crippen molar-refractivity contribution in [2.75, 3.05) is 0 Å². The predicted molar refractivity (Wildman–Crippen MR) is 213 cm³/mol. The van der Waals surface area contributed by atoms with Crippen LogP contribution in [0.4, 0.5) is 0 Å². The molecule has 51 heavy (non-hydrogen) atoms. The molecule has 0 aliphatic rings. The molecule has 2 aromatic heterocycles. The zero-order valence-corrected chi connectivity index (χ0v) is 28.4. The SMILES string of the molecule is c1ccc(-c2nc3ccccc3n2CCc2ccccc2CCc2c3ccccc3c(-c3ccc(-c4ccccn4)cc3)c3ccccc23)cc1. The minimum atomic E-state index is 0.863. The second-order valence-electron chi connectivity index (χ2n) is 13.2. The van der Waals surface area contributed by atoms with E-state index in [1.165, 1.54) is 54.9 Å². The fourth-order valence-corrected chi connectivity index (χ4v) is 7.79. The molecule has 0 atom stereocenters. The Bertz CT molecular complexity index is 2560. The Morgan fingerprint density at radius 1 is 0.431 bits per heavy atom. The van der Waals surface area contributed by atoms with Gasteiger partial charge in [0, 0.05) is 23.9 Å². The summed E-state index contributed by atoms with van der Waals surface area (Å²) in [6, 6.07) is 60.9. The van der Waals surface area contributed by atoms with Gasteiger partial charge in [0.15, 0.2) is 0 Å². The Morgan fingerprint density at radius 3 is 1.73 bits per heavy atom. The minimum Gasteiger partial charge on any atom is -0.324 e. The van der Waals surface area contributed by atoms with Crippen molar-refractivity contribution in [2.24, 2.45) is 0 Å². The van der Waals surface area contributed by atoms with Gasteiger partial charge in [0.2, 0.25) is 0 Å². The summed E-state index contributed by atoms with van der Waals surface area (Å²) in [6.07, 6.45) is 4.72. The Balaban J connectivity index is 1.05. The van der Waals surface area contributed by atoms with Crippen LogP contribution in [0, 0.1) is 0 Å². The maximum absolute atomic E-state index is 5.06. The van der Waals surface area contributed by atoms with Crippen LogP contribution in [0.5, 0.6) is 0 Å². The van der Waals surface area contributed by atoms with Gasteiger partial charge in [-0.15, -0.1) is 0 Å². The van der Waals surface area contributed by atoms with Crippen molar-refractivity contribution in [3.05, 3.63) is 193 Å². The van der Waals surface area contributed by atoms with Crippen molar-refractivity contribution in [3.8, 4) is 33.8 Å². The maximum Gasteiger partial charge on any atom is 0.141 e. The molecule has 0 bridgehead atoms.